The predicted octanol–water partition coefficient (Wildman–Crippen LogP) is 2.12. The van der Waals surface area contributed by atoms with Crippen molar-refractivity contribution in [3.8, 4) is 0 Å². The van der Waals surface area contributed by atoms with Crippen LogP contribution in [-0.4, -0.2) is 36.8 Å². The third-order valence-corrected chi connectivity index (χ3v) is 4.84. The van der Waals surface area contributed by atoms with Crippen molar-refractivity contribution >= 4 is 16.7 Å². The van der Waals surface area contributed by atoms with Crippen LogP contribution in [0.2, 0.25) is 0 Å². The van der Waals surface area contributed by atoms with Gasteiger partial charge in [0.15, 0.2) is 0 Å². The average Bonchev–Trinajstić information content (AvgIpc) is 2.89. The summed E-state index contributed by atoms with van der Waals surface area (Å²) in [5.74, 6) is 2.02. The van der Waals surface area contributed by atoms with Crippen LogP contribution in [0.15, 0.2) is 18.2 Å². The second kappa shape index (κ2) is 4.50. The number of benzene rings is 1. The lowest BCUT2D eigenvalue weighted by Gasteiger charge is -2.40. The molecule has 4 heteroatoms. The summed E-state index contributed by atoms with van der Waals surface area (Å²) < 4.78 is 0. The highest BCUT2D eigenvalue weighted by molar-refractivity contribution is 5.91. The first-order chi connectivity index (χ1) is 9.78. The van der Waals surface area contributed by atoms with Crippen LogP contribution < -0.4 is 10.2 Å². The van der Waals surface area contributed by atoms with E-state index in [9.17, 15) is 5.11 Å². The van der Waals surface area contributed by atoms with Crippen LogP contribution in [0, 0.1) is 0 Å². The van der Waals surface area contributed by atoms with Crippen molar-refractivity contribution in [1.29, 1.82) is 0 Å². The maximum Gasteiger partial charge on any atom is 0.110 e. The molecule has 3 aliphatic heterocycles. The third kappa shape index (κ3) is 1.68. The van der Waals surface area contributed by atoms with Gasteiger partial charge in [-0.1, -0.05) is 6.07 Å². The standard InChI is InChI=1S/C16H21N3O/c1-17-9-14(20)11-2-3-13-12(8-11)15-10-4-6-19(7-5-10)16(15)18-13/h2-3,8,10,14,17-18,20H,4-7,9H2,1H3. The van der Waals surface area contributed by atoms with Gasteiger partial charge in [0.05, 0.1) is 6.10 Å². The van der Waals surface area contributed by atoms with Crippen LogP contribution in [0.25, 0.3) is 10.9 Å². The summed E-state index contributed by atoms with van der Waals surface area (Å²) in [5, 5.41) is 14.5. The largest absolute Gasteiger partial charge is 0.387 e. The monoisotopic (exact) mass is 271 g/mol. The van der Waals surface area contributed by atoms with E-state index in [4.69, 9.17) is 0 Å². The topological polar surface area (TPSA) is 51.3 Å². The predicted molar refractivity (Wildman–Crippen MR) is 81.4 cm³/mol. The van der Waals surface area contributed by atoms with Gasteiger partial charge in [0.1, 0.15) is 5.82 Å². The Morgan fingerprint density at radius 3 is 2.95 bits per heavy atom. The SMILES string of the molecule is CNCC(O)c1ccc2[nH]c3c(c2c1)C1CCN3CC1. The normalized spacial score (nSPS) is 19.6. The minimum atomic E-state index is -0.434. The Kier molecular flexibility index (Phi) is 2.75. The summed E-state index contributed by atoms with van der Waals surface area (Å²) in [6.45, 7) is 2.95. The molecule has 1 saturated heterocycles. The Bertz CT molecular complexity index is 640. The molecule has 1 unspecified atom stereocenters. The van der Waals surface area contributed by atoms with Gasteiger partial charge in [-0.3, -0.25) is 0 Å². The van der Waals surface area contributed by atoms with E-state index in [0.717, 1.165) is 5.56 Å². The molecule has 4 nitrogen and oxygen atoms in total. The molecular weight excluding hydrogens is 250 g/mol. The van der Waals surface area contributed by atoms with Crippen molar-refractivity contribution in [2.75, 3.05) is 31.6 Å². The second-order valence-electron chi connectivity index (χ2n) is 6.03. The van der Waals surface area contributed by atoms with Gasteiger partial charge in [-0.05, 0) is 43.5 Å². The number of aromatic nitrogens is 1. The molecule has 0 amide bonds. The van der Waals surface area contributed by atoms with Crippen LogP contribution in [0.4, 0.5) is 5.82 Å². The fourth-order valence-corrected chi connectivity index (χ4v) is 3.79. The summed E-state index contributed by atoms with van der Waals surface area (Å²) >= 11 is 0. The zero-order valence-electron chi connectivity index (χ0n) is 11.8. The number of hydrogen-bond acceptors (Lipinski definition) is 3. The van der Waals surface area contributed by atoms with Gasteiger partial charge in [0.25, 0.3) is 0 Å². The maximum absolute atomic E-state index is 10.2. The van der Waals surface area contributed by atoms with Crippen molar-refractivity contribution in [1.82, 2.24) is 10.3 Å². The molecule has 0 spiro atoms. The zero-order chi connectivity index (χ0) is 13.7. The van der Waals surface area contributed by atoms with E-state index in [1.165, 1.54) is 48.2 Å². The van der Waals surface area contributed by atoms with E-state index in [-0.39, 0.29) is 0 Å². The quantitative estimate of drug-likeness (QED) is 0.801. The molecule has 1 atom stereocenters. The van der Waals surface area contributed by atoms with Crippen LogP contribution in [0.1, 0.15) is 36.0 Å². The van der Waals surface area contributed by atoms with Gasteiger partial charge < -0.3 is 20.3 Å². The molecule has 4 heterocycles. The van der Waals surface area contributed by atoms with Crippen molar-refractivity contribution in [3.63, 3.8) is 0 Å². The molecule has 0 radical (unpaired) electrons. The van der Waals surface area contributed by atoms with E-state index in [1.807, 2.05) is 13.1 Å². The third-order valence-electron chi connectivity index (χ3n) is 4.84. The van der Waals surface area contributed by atoms with Crippen LogP contribution in [-0.2, 0) is 0 Å². The minimum absolute atomic E-state index is 0.434. The first kappa shape index (κ1) is 12.2. The van der Waals surface area contributed by atoms with Gasteiger partial charge in [0, 0.05) is 36.1 Å². The number of hydrogen-bond donors (Lipinski definition) is 3. The minimum Gasteiger partial charge on any atom is -0.387 e. The number of nitrogens with zero attached hydrogens (tertiary/aromatic N) is 1. The van der Waals surface area contributed by atoms with Crippen molar-refractivity contribution < 1.29 is 5.11 Å². The van der Waals surface area contributed by atoms with Crippen LogP contribution in [0.3, 0.4) is 0 Å². The molecule has 1 aromatic heterocycles. The Morgan fingerprint density at radius 2 is 2.20 bits per heavy atom. The highest BCUT2D eigenvalue weighted by Crippen LogP contribution is 2.46. The summed E-state index contributed by atoms with van der Waals surface area (Å²) in [6.07, 6.45) is 2.10. The van der Waals surface area contributed by atoms with E-state index in [0.29, 0.717) is 12.5 Å². The Morgan fingerprint density at radius 1 is 1.40 bits per heavy atom. The Hall–Kier alpha value is -1.52. The Labute approximate surface area is 118 Å². The first-order valence-electron chi connectivity index (χ1n) is 7.51. The van der Waals surface area contributed by atoms with Crippen molar-refractivity contribution in [3.05, 3.63) is 29.3 Å². The highest BCUT2D eigenvalue weighted by Gasteiger charge is 2.33. The number of aliphatic hydroxyl groups excluding tert-OH is 1. The summed E-state index contributed by atoms with van der Waals surface area (Å²) in [4.78, 5) is 6.05. The number of anilines is 1. The van der Waals surface area contributed by atoms with Gasteiger partial charge in [-0.15, -0.1) is 0 Å². The van der Waals surface area contributed by atoms with Gasteiger partial charge >= 0.3 is 0 Å². The lowest BCUT2D eigenvalue weighted by atomic mass is 9.84. The number of fused-ring (bicyclic) bond motifs is 3. The number of nitrogens with one attached hydrogen (secondary N) is 2. The maximum atomic E-state index is 10.2. The van der Waals surface area contributed by atoms with E-state index >= 15 is 0 Å². The fourth-order valence-electron chi connectivity index (χ4n) is 3.79. The molecule has 106 valence electrons. The average molecular weight is 271 g/mol. The lowest BCUT2D eigenvalue weighted by Crippen LogP contribution is -2.38. The van der Waals surface area contributed by atoms with Gasteiger partial charge in [-0.25, -0.2) is 0 Å². The first-order valence-corrected chi connectivity index (χ1v) is 7.51. The second-order valence-corrected chi connectivity index (χ2v) is 6.03. The molecule has 3 N–H and O–H groups in total. The summed E-state index contributed by atoms with van der Waals surface area (Å²) in [6, 6.07) is 6.32. The number of aromatic amines is 1. The van der Waals surface area contributed by atoms with Crippen LogP contribution >= 0.6 is 0 Å². The van der Waals surface area contributed by atoms with Crippen LogP contribution in [0.5, 0.6) is 0 Å². The summed E-state index contributed by atoms with van der Waals surface area (Å²) in [7, 11) is 1.87. The highest BCUT2D eigenvalue weighted by atomic mass is 16.3. The molecule has 3 aliphatic rings. The van der Waals surface area contributed by atoms with Gasteiger partial charge in [0.2, 0.25) is 0 Å². The molecule has 20 heavy (non-hydrogen) atoms. The molecular formula is C16H21N3O. The number of H-pyrrole nitrogens is 1. The van der Waals surface area contributed by atoms with Gasteiger partial charge in [-0.2, -0.15) is 0 Å². The number of rotatable bonds is 3. The Balaban J connectivity index is 1.84. The number of likely N-dealkylation sites (N-methyl/N-ethyl adjacent to an activating group) is 1. The molecule has 2 bridgehead atoms. The number of aliphatic hydroxyl groups is 1. The van der Waals surface area contributed by atoms with E-state index in [2.05, 4.69) is 27.3 Å². The molecule has 5 rings (SSSR count). The number of piperidine rings is 1. The molecule has 1 fully saturated rings. The van der Waals surface area contributed by atoms with Crippen molar-refractivity contribution in [2.24, 2.45) is 0 Å². The lowest BCUT2D eigenvalue weighted by molar-refractivity contribution is 0.178. The van der Waals surface area contributed by atoms with Crippen molar-refractivity contribution in [2.45, 2.75) is 24.9 Å². The molecule has 0 saturated carbocycles. The molecule has 2 aromatic rings. The van der Waals surface area contributed by atoms with E-state index < -0.39 is 6.10 Å². The molecule has 1 aromatic carbocycles. The summed E-state index contributed by atoms with van der Waals surface area (Å²) in [5.41, 5.74) is 3.69. The molecule has 0 aliphatic carbocycles. The fraction of sp³-hybridized carbons (Fsp3) is 0.500. The van der Waals surface area contributed by atoms with E-state index in [1.54, 1.807) is 0 Å². The zero-order valence-corrected chi connectivity index (χ0v) is 11.8. The smallest absolute Gasteiger partial charge is 0.110 e.